The van der Waals surface area contributed by atoms with Crippen LogP contribution < -0.4 is 0 Å². The highest BCUT2D eigenvalue weighted by molar-refractivity contribution is 4.84. The minimum Gasteiger partial charge on any atom is -0.363 e. The van der Waals surface area contributed by atoms with E-state index in [9.17, 15) is 0 Å². The van der Waals surface area contributed by atoms with Crippen LogP contribution in [0.25, 0.3) is 0 Å². The van der Waals surface area contributed by atoms with Crippen LogP contribution in [0.3, 0.4) is 0 Å². The molecule has 0 aliphatic heterocycles. The highest BCUT2D eigenvalue weighted by atomic mass is 16.5. The maximum atomic E-state index is 8.89. The smallest absolute Gasteiger partial charge is 0.143 e. The number of unbranched alkanes of at least 4 members (excludes halogenated alkanes) is 5. The van der Waals surface area contributed by atoms with E-state index in [2.05, 4.69) is 32.1 Å². The Morgan fingerprint density at radius 1 is 1.00 bits per heavy atom. The molecule has 18 heavy (non-hydrogen) atoms. The van der Waals surface area contributed by atoms with Gasteiger partial charge in [0, 0.05) is 6.61 Å². The second kappa shape index (κ2) is 14.3. The normalized spacial score (nSPS) is 12.7. The van der Waals surface area contributed by atoms with Gasteiger partial charge in [0.05, 0.1) is 6.07 Å². The Kier molecular flexibility index (Phi) is 13.6. The van der Waals surface area contributed by atoms with Gasteiger partial charge in [0.15, 0.2) is 0 Å². The van der Waals surface area contributed by atoms with E-state index in [0.717, 1.165) is 32.1 Å². The second-order valence-corrected chi connectivity index (χ2v) is 4.74. The van der Waals surface area contributed by atoms with Crippen LogP contribution in [-0.2, 0) is 4.74 Å². The fourth-order valence-corrected chi connectivity index (χ4v) is 1.75. The number of ether oxygens (including phenoxy) is 1. The summed E-state index contributed by atoms with van der Waals surface area (Å²) in [4.78, 5) is 0. The molecule has 2 heteroatoms. The average molecular weight is 251 g/mol. The summed E-state index contributed by atoms with van der Waals surface area (Å²) in [5.74, 6) is 0. The summed E-state index contributed by atoms with van der Waals surface area (Å²) in [5, 5.41) is 8.89. The van der Waals surface area contributed by atoms with Crippen molar-refractivity contribution in [1.29, 1.82) is 5.26 Å². The van der Waals surface area contributed by atoms with Gasteiger partial charge in [-0.15, -0.1) is 0 Å². The van der Waals surface area contributed by atoms with Crippen molar-refractivity contribution in [3.8, 4) is 6.07 Å². The fraction of sp³-hybridized carbons (Fsp3) is 0.812. The Morgan fingerprint density at radius 3 is 2.28 bits per heavy atom. The van der Waals surface area contributed by atoms with Crippen molar-refractivity contribution in [3.63, 3.8) is 0 Å². The molecule has 0 aromatic carbocycles. The lowest BCUT2D eigenvalue weighted by atomic mass is 10.2. The van der Waals surface area contributed by atoms with Gasteiger partial charge in [-0.05, 0) is 32.1 Å². The van der Waals surface area contributed by atoms with Gasteiger partial charge in [-0.2, -0.15) is 5.26 Å². The van der Waals surface area contributed by atoms with E-state index >= 15 is 0 Å². The summed E-state index contributed by atoms with van der Waals surface area (Å²) in [5.41, 5.74) is 0. The number of hydrogen-bond donors (Lipinski definition) is 0. The lowest BCUT2D eigenvalue weighted by Crippen LogP contribution is -2.11. The molecule has 0 aliphatic rings. The molecular formula is C16H29NO. The van der Waals surface area contributed by atoms with Crippen LogP contribution >= 0.6 is 0 Å². The Morgan fingerprint density at radius 2 is 1.67 bits per heavy atom. The predicted molar refractivity (Wildman–Crippen MR) is 77.4 cm³/mol. The molecule has 0 heterocycles. The topological polar surface area (TPSA) is 33.0 Å². The fourth-order valence-electron chi connectivity index (χ4n) is 1.75. The summed E-state index contributed by atoms with van der Waals surface area (Å²) in [6.45, 7) is 5.07. The summed E-state index contributed by atoms with van der Waals surface area (Å²) in [7, 11) is 0. The van der Waals surface area contributed by atoms with Gasteiger partial charge in [-0.25, -0.2) is 0 Å². The molecule has 0 aliphatic carbocycles. The van der Waals surface area contributed by atoms with E-state index in [1.807, 2.05) is 0 Å². The molecule has 0 rings (SSSR count). The molecule has 0 N–H and O–H groups in total. The first-order valence-corrected chi connectivity index (χ1v) is 7.51. The maximum Gasteiger partial charge on any atom is 0.143 e. The molecule has 0 aromatic heterocycles. The third-order valence-corrected chi connectivity index (χ3v) is 2.94. The second-order valence-electron chi connectivity index (χ2n) is 4.74. The van der Waals surface area contributed by atoms with E-state index < -0.39 is 0 Å². The van der Waals surface area contributed by atoms with Gasteiger partial charge in [-0.3, -0.25) is 0 Å². The van der Waals surface area contributed by atoms with Crippen molar-refractivity contribution in [2.24, 2.45) is 0 Å². The maximum absolute atomic E-state index is 8.89. The van der Waals surface area contributed by atoms with Crippen LogP contribution in [0.5, 0.6) is 0 Å². The zero-order chi connectivity index (χ0) is 13.5. The summed E-state index contributed by atoms with van der Waals surface area (Å²) >= 11 is 0. The SMILES string of the molecule is CCCCC/C=C\CCCOC(C#N)CCCC. The minimum absolute atomic E-state index is 0.196. The van der Waals surface area contributed by atoms with Crippen LogP contribution in [0.15, 0.2) is 12.2 Å². The van der Waals surface area contributed by atoms with Crippen LogP contribution in [0, 0.1) is 11.3 Å². The average Bonchev–Trinajstić information content (AvgIpc) is 2.40. The highest BCUT2D eigenvalue weighted by Crippen LogP contribution is 2.06. The third kappa shape index (κ3) is 11.7. The van der Waals surface area contributed by atoms with Gasteiger partial charge in [0.25, 0.3) is 0 Å². The largest absolute Gasteiger partial charge is 0.363 e. The highest BCUT2D eigenvalue weighted by Gasteiger charge is 2.05. The van der Waals surface area contributed by atoms with Gasteiger partial charge in [-0.1, -0.05) is 51.7 Å². The molecule has 1 atom stereocenters. The molecule has 104 valence electrons. The number of nitriles is 1. The van der Waals surface area contributed by atoms with Gasteiger partial charge in [0.2, 0.25) is 0 Å². The van der Waals surface area contributed by atoms with E-state index in [4.69, 9.17) is 10.00 Å². The molecule has 0 saturated heterocycles. The Hall–Kier alpha value is -0.810. The monoisotopic (exact) mass is 251 g/mol. The van der Waals surface area contributed by atoms with Crippen LogP contribution in [0.1, 0.15) is 71.6 Å². The molecule has 1 unspecified atom stereocenters. The molecule has 0 amide bonds. The molecule has 0 saturated carbocycles. The van der Waals surface area contributed by atoms with Crippen molar-refractivity contribution >= 4 is 0 Å². The van der Waals surface area contributed by atoms with Crippen molar-refractivity contribution in [1.82, 2.24) is 0 Å². The minimum atomic E-state index is -0.196. The molecule has 0 spiro atoms. The molecule has 0 fully saturated rings. The van der Waals surface area contributed by atoms with Crippen LogP contribution in [0.4, 0.5) is 0 Å². The number of hydrogen-bond acceptors (Lipinski definition) is 2. The summed E-state index contributed by atoms with van der Waals surface area (Å²) < 4.78 is 5.54. The molecule has 0 aromatic rings. The first-order chi connectivity index (χ1) is 8.85. The third-order valence-electron chi connectivity index (χ3n) is 2.94. The lowest BCUT2D eigenvalue weighted by Gasteiger charge is -2.09. The van der Waals surface area contributed by atoms with E-state index in [0.29, 0.717) is 6.61 Å². The summed E-state index contributed by atoms with van der Waals surface area (Å²) in [6, 6.07) is 2.22. The van der Waals surface area contributed by atoms with Crippen molar-refractivity contribution in [2.75, 3.05) is 6.61 Å². The molecular weight excluding hydrogens is 222 g/mol. The zero-order valence-corrected chi connectivity index (χ0v) is 12.2. The van der Waals surface area contributed by atoms with Crippen molar-refractivity contribution in [3.05, 3.63) is 12.2 Å². The van der Waals surface area contributed by atoms with Crippen LogP contribution in [-0.4, -0.2) is 12.7 Å². The predicted octanol–water partition coefficient (Wildman–Crippen LogP) is 5.00. The van der Waals surface area contributed by atoms with Crippen molar-refractivity contribution < 1.29 is 4.74 Å². The van der Waals surface area contributed by atoms with E-state index in [-0.39, 0.29) is 6.10 Å². The lowest BCUT2D eigenvalue weighted by molar-refractivity contribution is 0.0814. The summed E-state index contributed by atoms with van der Waals surface area (Å²) in [6.07, 6.45) is 14.6. The quantitative estimate of drug-likeness (QED) is 0.361. The van der Waals surface area contributed by atoms with Gasteiger partial charge < -0.3 is 4.74 Å². The van der Waals surface area contributed by atoms with E-state index in [1.165, 1.54) is 25.7 Å². The first kappa shape index (κ1) is 17.2. The number of allylic oxidation sites excluding steroid dienone is 2. The Labute approximate surface area is 113 Å². The van der Waals surface area contributed by atoms with Gasteiger partial charge in [0.1, 0.15) is 6.10 Å². The Balaban J connectivity index is 3.35. The number of nitrogens with zero attached hydrogens (tertiary/aromatic N) is 1. The van der Waals surface area contributed by atoms with E-state index in [1.54, 1.807) is 0 Å². The van der Waals surface area contributed by atoms with Crippen molar-refractivity contribution in [2.45, 2.75) is 77.7 Å². The molecule has 2 nitrogen and oxygen atoms in total. The number of rotatable bonds is 12. The zero-order valence-electron chi connectivity index (χ0n) is 12.2. The molecule has 0 radical (unpaired) electrons. The van der Waals surface area contributed by atoms with Gasteiger partial charge >= 0.3 is 0 Å². The Bertz CT molecular complexity index is 230. The molecule has 0 bridgehead atoms. The standard InChI is InChI=1S/C16H29NO/c1-3-5-7-8-9-10-11-12-14-18-16(15-17)13-6-4-2/h9-10,16H,3-8,11-14H2,1-2H3/b10-9-. The first-order valence-electron chi connectivity index (χ1n) is 7.51. The van der Waals surface area contributed by atoms with Crippen LogP contribution in [0.2, 0.25) is 0 Å².